The lowest BCUT2D eigenvalue weighted by Crippen LogP contribution is -2.02. The first kappa shape index (κ1) is 15.4. The molecule has 1 unspecified atom stereocenters. The van der Waals surface area contributed by atoms with Gasteiger partial charge in [0.15, 0.2) is 0 Å². The van der Waals surface area contributed by atoms with Crippen LogP contribution in [0, 0.1) is 19.5 Å². The lowest BCUT2D eigenvalue weighted by atomic mass is 10.0. The second kappa shape index (κ2) is 6.62. The van der Waals surface area contributed by atoms with Crippen molar-refractivity contribution in [3.63, 3.8) is 0 Å². The van der Waals surface area contributed by atoms with Crippen molar-refractivity contribution in [2.75, 3.05) is 0 Å². The summed E-state index contributed by atoms with van der Waals surface area (Å²) in [7, 11) is 0. The smallest absolute Gasteiger partial charge is 0.258 e. The van der Waals surface area contributed by atoms with Gasteiger partial charge in [0.2, 0.25) is 0 Å². The molecule has 1 atom stereocenters. The van der Waals surface area contributed by atoms with E-state index in [1.165, 1.54) is 12.1 Å². The maximum atomic E-state index is 13.6. The fourth-order valence-corrected chi connectivity index (χ4v) is 2.99. The molecule has 0 amide bonds. The Labute approximate surface area is 137 Å². The van der Waals surface area contributed by atoms with Gasteiger partial charge in [-0.1, -0.05) is 46.3 Å². The largest absolute Gasteiger partial charge is 0.273 e. The summed E-state index contributed by atoms with van der Waals surface area (Å²) < 4.78 is 13.9. The molecule has 2 aromatic carbocycles. The first-order chi connectivity index (χ1) is 9.49. The molecule has 0 saturated heterocycles. The van der Waals surface area contributed by atoms with Crippen LogP contribution in [0.4, 0.5) is 10.1 Å². The average molecular weight is 450 g/mol. The fourth-order valence-electron chi connectivity index (χ4n) is 1.88. The Morgan fingerprint density at radius 3 is 2.55 bits per heavy atom. The van der Waals surface area contributed by atoms with E-state index in [9.17, 15) is 14.5 Å². The van der Waals surface area contributed by atoms with Gasteiger partial charge in [-0.25, -0.2) is 4.39 Å². The number of benzene rings is 2. The van der Waals surface area contributed by atoms with Crippen LogP contribution in [-0.2, 0) is 6.42 Å². The number of halogens is 3. The van der Waals surface area contributed by atoms with Gasteiger partial charge >= 0.3 is 0 Å². The molecule has 0 N–H and O–H groups in total. The lowest BCUT2D eigenvalue weighted by molar-refractivity contribution is -0.385. The molecule has 0 spiro atoms. The van der Waals surface area contributed by atoms with Gasteiger partial charge in [0.1, 0.15) is 5.82 Å². The quantitative estimate of drug-likeness (QED) is 0.285. The highest BCUT2D eigenvalue weighted by molar-refractivity contribution is 14.1. The third-order valence-electron chi connectivity index (χ3n) is 2.88. The van der Waals surface area contributed by atoms with Gasteiger partial charge in [0.25, 0.3) is 5.69 Å². The zero-order valence-corrected chi connectivity index (χ0v) is 14.0. The van der Waals surface area contributed by atoms with Gasteiger partial charge in [0.05, 0.1) is 8.49 Å². The highest BCUT2D eigenvalue weighted by atomic mass is 127. The second-order valence-electron chi connectivity index (χ2n) is 4.23. The topological polar surface area (TPSA) is 43.1 Å². The molecule has 20 heavy (non-hydrogen) atoms. The van der Waals surface area contributed by atoms with Crippen molar-refractivity contribution in [2.45, 2.75) is 11.2 Å². The molecule has 6 heteroatoms. The first-order valence-corrected chi connectivity index (χ1v) is 7.80. The van der Waals surface area contributed by atoms with Gasteiger partial charge in [-0.15, -0.1) is 0 Å². The summed E-state index contributed by atoms with van der Waals surface area (Å²) in [6.07, 6.45) is 0.355. The minimum Gasteiger partial charge on any atom is -0.258 e. The summed E-state index contributed by atoms with van der Waals surface area (Å²) in [6.45, 7) is 0. The molecule has 0 bridgehead atoms. The van der Waals surface area contributed by atoms with E-state index in [1.807, 2.05) is 30.3 Å². The summed E-state index contributed by atoms with van der Waals surface area (Å²) in [4.78, 5) is 10.5. The van der Waals surface area contributed by atoms with E-state index in [0.717, 1.165) is 5.56 Å². The Hall–Kier alpha value is -1.02. The molecule has 104 valence electrons. The van der Waals surface area contributed by atoms with Crippen molar-refractivity contribution >= 4 is 44.2 Å². The molecule has 2 rings (SSSR count). The molecule has 0 saturated carbocycles. The Bertz CT molecular complexity index is 637. The highest BCUT2D eigenvalue weighted by Crippen LogP contribution is 2.32. The molecule has 0 heterocycles. The van der Waals surface area contributed by atoms with Gasteiger partial charge in [-0.3, -0.25) is 10.1 Å². The zero-order valence-electron chi connectivity index (χ0n) is 10.2. The summed E-state index contributed by atoms with van der Waals surface area (Å²) in [6, 6.07) is 12.1. The Morgan fingerprint density at radius 2 is 1.95 bits per heavy atom. The van der Waals surface area contributed by atoms with Crippen LogP contribution < -0.4 is 0 Å². The molecule has 2 aromatic rings. The normalized spacial score (nSPS) is 12.2. The third-order valence-corrected chi connectivity index (χ3v) is 4.56. The maximum absolute atomic E-state index is 13.6. The van der Waals surface area contributed by atoms with Gasteiger partial charge in [-0.05, 0) is 40.6 Å². The molecule has 0 aromatic heterocycles. The van der Waals surface area contributed by atoms with Crippen LogP contribution in [-0.4, -0.2) is 4.92 Å². The standard InChI is InChI=1S/C14H10BrFINO2/c15-11(9-4-2-1-3-5-9)6-10-7-12(16)13(17)8-14(10)18(19)20/h1-5,7-8,11H,6H2. The van der Waals surface area contributed by atoms with E-state index < -0.39 is 10.7 Å². The molecule has 0 fully saturated rings. The molecule has 0 aliphatic heterocycles. The second-order valence-corrected chi connectivity index (χ2v) is 6.50. The van der Waals surface area contributed by atoms with Crippen LogP contribution in [0.1, 0.15) is 16.0 Å². The van der Waals surface area contributed by atoms with Crippen molar-refractivity contribution in [3.05, 3.63) is 73.1 Å². The number of nitrogens with zero attached hydrogens (tertiary/aromatic N) is 1. The zero-order chi connectivity index (χ0) is 14.7. The lowest BCUT2D eigenvalue weighted by Gasteiger charge is -2.11. The monoisotopic (exact) mass is 449 g/mol. The van der Waals surface area contributed by atoms with E-state index >= 15 is 0 Å². The van der Waals surface area contributed by atoms with Crippen LogP contribution in [0.5, 0.6) is 0 Å². The minimum atomic E-state index is -0.471. The molecule has 3 nitrogen and oxygen atoms in total. The van der Waals surface area contributed by atoms with E-state index in [0.29, 0.717) is 12.0 Å². The van der Waals surface area contributed by atoms with Gasteiger partial charge in [-0.2, -0.15) is 0 Å². The van der Waals surface area contributed by atoms with Gasteiger partial charge in [0, 0.05) is 16.5 Å². The summed E-state index contributed by atoms with van der Waals surface area (Å²) in [5, 5.41) is 11.1. The molecule has 0 aliphatic rings. The maximum Gasteiger partial charge on any atom is 0.273 e. The van der Waals surface area contributed by atoms with Crippen molar-refractivity contribution in [2.24, 2.45) is 0 Å². The third kappa shape index (κ3) is 3.54. The number of hydrogen-bond acceptors (Lipinski definition) is 2. The van der Waals surface area contributed by atoms with Crippen LogP contribution in [0.15, 0.2) is 42.5 Å². The minimum absolute atomic E-state index is 0.0452. The predicted molar refractivity (Wildman–Crippen MR) is 87.6 cm³/mol. The Balaban J connectivity index is 2.33. The van der Waals surface area contributed by atoms with E-state index in [4.69, 9.17) is 0 Å². The van der Waals surface area contributed by atoms with Crippen LogP contribution >= 0.6 is 38.5 Å². The molecular formula is C14H10BrFINO2. The number of rotatable bonds is 4. The Morgan fingerprint density at radius 1 is 1.30 bits per heavy atom. The molecule has 0 aliphatic carbocycles. The van der Waals surface area contributed by atoms with E-state index in [2.05, 4.69) is 15.9 Å². The van der Waals surface area contributed by atoms with E-state index in [1.54, 1.807) is 22.6 Å². The summed E-state index contributed by atoms with van der Waals surface area (Å²) in [5.74, 6) is -0.432. The number of alkyl halides is 1. The van der Waals surface area contributed by atoms with Gasteiger partial charge < -0.3 is 0 Å². The van der Waals surface area contributed by atoms with Crippen molar-refractivity contribution in [3.8, 4) is 0 Å². The first-order valence-electron chi connectivity index (χ1n) is 5.80. The van der Waals surface area contributed by atoms with Crippen molar-refractivity contribution < 1.29 is 9.31 Å². The fraction of sp³-hybridized carbons (Fsp3) is 0.143. The number of nitro groups is 1. The average Bonchev–Trinajstić information content (AvgIpc) is 2.43. The van der Waals surface area contributed by atoms with Crippen LogP contribution in [0.25, 0.3) is 0 Å². The number of nitro benzene ring substituents is 1. The van der Waals surface area contributed by atoms with Crippen molar-refractivity contribution in [1.29, 1.82) is 0 Å². The predicted octanol–water partition coefficient (Wildman–Crippen LogP) is 5.02. The Kier molecular flexibility index (Phi) is 5.09. The highest BCUT2D eigenvalue weighted by Gasteiger charge is 2.20. The molecule has 0 radical (unpaired) electrons. The summed E-state index contributed by atoms with van der Waals surface area (Å²) in [5.41, 5.74) is 1.34. The van der Waals surface area contributed by atoms with Crippen LogP contribution in [0.3, 0.4) is 0 Å². The molecular weight excluding hydrogens is 440 g/mol. The SMILES string of the molecule is O=[N+]([O-])c1cc(I)c(F)cc1CC(Br)c1ccccc1. The van der Waals surface area contributed by atoms with Crippen molar-refractivity contribution in [1.82, 2.24) is 0 Å². The number of hydrogen-bond donors (Lipinski definition) is 0. The summed E-state index contributed by atoms with van der Waals surface area (Å²) >= 11 is 5.26. The van der Waals surface area contributed by atoms with E-state index in [-0.39, 0.29) is 14.1 Å². The van der Waals surface area contributed by atoms with Crippen LogP contribution in [0.2, 0.25) is 0 Å².